The van der Waals surface area contributed by atoms with Crippen LogP contribution in [-0.4, -0.2) is 31.9 Å². The molecule has 3 aromatic carbocycles. The van der Waals surface area contributed by atoms with Crippen molar-refractivity contribution < 1.29 is 14.0 Å². The van der Waals surface area contributed by atoms with E-state index in [9.17, 15) is 14.0 Å². The molecule has 0 aliphatic rings. The molecule has 9 nitrogen and oxygen atoms in total. The summed E-state index contributed by atoms with van der Waals surface area (Å²) in [7, 11) is 0. The third-order valence-corrected chi connectivity index (χ3v) is 7.00. The van der Waals surface area contributed by atoms with Crippen LogP contribution in [0.1, 0.15) is 30.9 Å². The largest absolute Gasteiger partial charge is 0.351 e. The fraction of sp³-hybridized carbons (Fsp3) is 0.148. The average Bonchev–Trinajstić information content (AvgIpc) is 3.54. The van der Waals surface area contributed by atoms with Crippen LogP contribution in [0.15, 0.2) is 78.4 Å². The summed E-state index contributed by atoms with van der Waals surface area (Å²) in [6, 6.07) is 18.8. The molecule has 0 spiro atoms. The van der Waals surface area contributed by atoms with Gasteiger partial charge >= 0.3 is 6.03 Å². The van der Waals surface area contributed by atoms with Crippen molar-refractivity contribution in [2.75, 3.05) is 10.6 Å². The highest BCUT2D eigenvalue weighted by Gasteiger charge is 2.39. The number of rotatable bonds is 7. The van der Waals surface area contributed by atoms with Gasteiger partial charge in [0, 0.05) is 11.3 Å². The number of fused-ring (bicyclic) bond motifs is 1. The van der Waals surface area contributed by atoms with Gasteiger partial charge in [-0.1, -0.05) is 61.6 Å². The zero-order valence-electron chi connectivity index (χ0n) is 20.6. The first-order chi connectivity index (χ1) is 18.2. The Hall–Kier alpha value is -4.64. The minimum Gasteiger partial charge on any atom is -0.351 e. The minimum atomic E-state index is -0.869. The maximum absolute atomic E-state index is 13.9. The summed E-state index contributed by atoms with van der Waals surface area (Å²) < 4.78 is 15.5. The molecule has 0 saturated heterocycles. The Labute approximate surface area is 221 Å². The second-order valence-corrected chi connectivity index (χ2v) is 10.1. The van der Waals surface area contributed by atoms with Crippen LogP contribution in [0.25, 0.3) is 16.6 Å². The lowest BCUT2D eigenvalue weighted by Gasteiger charge is -2.33. The number of anilines is 2. The molecule has 4 N–H and O–H groups in total. The highest BCUT2D eigenvalue weighted by molar-refractivity contribution is 7.13. The van der Waals surface area contributed by atoms with Gasteiger partial charge in [-0.3, -0.25) is 4.79 Å². The zero-order chi connectivity index (χ0) is 26.9. The van der Waals surface area contributed by atoms with Crippen LogP contribution in [-0.2, 0) is 4.79 Å². The zero-order valence-corrected chi connectivity index (χ0v) is 21.4. The van der Waals surface area contributed by atoms with E-state index in [1.165, 1.54) is 29.5 Å². The summed E-state index contributed by atoms with van der Waals surface area (Å²) in [5.41, 5.74) is 9.26. The molecular weight excluding hydrogens is 505 g/mol. The number of benzene rings is 3. The van der Waals surface area contributed by atoms with E-state index < -0.39 is 17.3 Å². The summed E-state index contributed by atoms with van der Waals surface area (Å²) in [4.78, 5) is 25.0. The molecule has 5 aromatic rings. The van der Waals surface area contributed by atoms with Gasteiger partial charge in [-0.15, -0.1) is 10.2 Å². The number of primary amides is 1. The van der Waals surface area contributed by atoms with Crippen molar-refractivity contribution in [1.82, 2.24) is 20.0 Å². The summed E-state index contributed by atoms with van der Waals surface area (Å²) in [6.45, 7) is 3.80. The summed E-state index contributed by atoms with van der Waals surface area (Å²) >= 11 is 1.26. The lowest BCUT2D eigenvalue weighted by Crippen LogP contribution is -2.37. The molecule has 1 unspecified atom stereocenters. The Balaban J connectivity index is 1.58. The monoisotopic (exact) mass is 529 g/mol. The first-order valence-electron chi connectivity index (χ1n) is 11.7. The van der Waals surface area contributed by atoms with Crippen LogP contribution in [0.2, 0.25) is 0 Å². The number of carbonyl (C=O) groups excluding carboxylic acids is 2. The molecule has 0 fully saturated rings. The molecule has 3 amide bonds. The van der Waals surface area contributed by atoms with Gasteiger partial charge in [0.15, 0.2) is 0 Å². The van der Waals surface area contributed by atoms with E-state index in [1.54, 1.807) is 16.4 Å². The van der Waals surface area contributed by atoms with E-state index in [0.29, 0.717) is 10.8 Å². The predicted octanol–water partition coefficient (Wildman–Crippen LogP) is 5.30. The van der Waals surface area contributed by atoms with E-state index in [1.807, 2.05) is 62.4 Å². The molecule has 0 aliphatic carbocycles. The number of carbonyl (C=O) groups is 2. The number of aromatic nitrogens is 4. The molecule has 2 heterocycles. The molecule has 1 atom stereocenters. The fourth-order valence-electron chi connectivity index (χ4n) is 4.64. The maximum atomic E-state index is 13.9. The van der Waals surface area contributed by atoms with Gasteiger partial charge in [-0.2, -0.15) is 5.10 Å². The number of halogens is 1. The third kappa shape index (κ3) is 4.83. The van der Waals surface area contributed by atoms with E-state index in [2.05, 4.69) is 25.9 Å². The quantitative estimate of drug-likeness (QED) is 0.263. The SMILES string of the molecule is CC(C)(C(=O)Nc1nncs1)C(c1ccccc1)c1ccc2c(cnn2-c2ccc(F)cc2NC(N)=O)c1. The molecule has 11 heteroatoms. The van der Waals surface area contributed by atoms with Crippen molar-refractivity contribution in [1.29, 1.82) is 0 Å². The van der Waals surface area contributed by atoms with Crippen LogP contribution >= 0.6 is 11.3 Å². The normalized spacial score (nSPS) is 12.3. The summed E-state index contributed by atoms with van der Waals surface area (Å²) in [5.74, 6) is -1.01. The number of amides is 3. The lowest BCUT2D eigenvalue weighted by atomic mass is 9.70. The molecule has 192 valence electrons. The second-order valence-electron chi connectivity index (χ2n) is 9.29. The van der Waals surface area contributed by atoms with Crippen molar-refractivity contribution in [3.05, 3.63) is 95.4 Å². The Morgan fingerprint density at radius 1 is 1.03 bits per heavy atom. The maximum Gasteiger partial charge on any atom is 0.316 e. The highest BCUT2D eigenvalue weighted by Crippen LogP contribution is 2.43. The van der Waals surface area contributed by atoms with Gasteiger partial charge in [0.25, 0.3) is 0 Å². The van der Waals surface area contributed by atoms with Crippen molar-refractivity contribution in [2.24, 2.45) is 11.1 Å². The third-order valence-electron chi connectivity index (χ3n) is 6.39. The molecule has 5 rings (SSSR count). The second kappa shape index (κ2) is 10.0. The van der Waals surface area contributed by atoms with Gasteiger partial charge in [0.05, 0.1) is 28.5 Å². The summed E-state index contributed by atoms with van der Waals surface area (Å²) in [5, 5.41) is 18.8. The van der Waals surface area contributed by atoms with Crippen LogP contribution in [0.3, 0.4) is 0 Å². The summed E-state index contributed by atoms with van der Waals surface area (Å²) in [6.07, 6.45) is 1.69. The van der Waals surface area contributed by atoms with Gasteiger partial charge in [-0.25, -0.2) is 13.9 Å². The van der Waals surface area contributed by atoms with Gasteiger partial charge in [0.1, 0.15) is 11.3 Å². The number of nitrogens with zero attached hydrogens (tertiary/aromatic N) is 4. The van der Waals surface area contributed by atoms with E-state index in [-0.39, 0.29) is 17.5 Å². The first kappa shape index (κ1) is 25.0. The first-order valence-corrected chi connectivity index (χ1v) is 12.6. The Morgan fingerprint density at radius 2 is 1.82 bits per heavy atom. The predicted molar refractivity (Wildman–Crippen MR) is 145 cm³/mol. The van der Waals surface area contributed by atoms with Crippen LogP contribution in [0.4, 0.5) is 20.0 Å². The van der Waals surface area contributed by atoms with Gasteiger partial charge in [-0.05, 0) is 41.5 Å². The van der Waals surface area contributed by atoms with Crippen LogP contribution < -0.4 is 16.4 Å². The van der Waals surface area contributed by atoms with E-state index in [4.69, 9.17) is 5.73 Å². The molecule has 0 radical (unpaired) electrons. The van der Waals surface area contributed by atoms with E-state index >= 15 is 0 Å². The van der Waals surface area contributed by atoms with Crippen molar-refractivity contribution in [3.63, 3.8) is 0 Å². The Bertz CT molecular complexity index is 1620. The number of hydrogen-bond acceptors (Lipinski definition) is 6. The standard InChI is InChI=1S/C27H24FN7O2S/c1-27(2,24(36)33-26-34-30-15-38-26)23(16-6-4-3-5-7-16)17-8-10-21-18(12-17)14-31-35(21)22-11-9-19(28)13-20(22)32-25(29)37/h3-15,23H,1-2H3,(H3,29,32,37)(H,33,34,36). The molecule has 0 aliphatic heterocycles. The Morgan fingerprint density at radius 3 is 2.53 bits per heavy atom. The van der Waals surface area contributed by atoms with E-state index in [0.717, 1.165) is 22.0 Å². The number of nitrogens with two attached hydrogens (primary N) is 1. The molecule has 0 bridgehead atoms. The number of urea groups is 1. The highest BCUT2D eigenvalue weighted by atomic mass is 32.1. The topological polar surface area (TPSA) is 128 Å². The molecule has 38 heavy (non-hydrogen) atoms. The van der Waals surface area contributed by atoms with Crippen LogP contribution in [0.5, 0.6) is 0 Å². The van der Waals surface area contributed by atoms with Crippen molar-refractivity contribution in [2.45, 2.75) is 19.8 Å². The van der Waals surface area contributed by atoms with Crippen molar-refractivity contribution >= 4 is 45.0 Å². The molecule has 2 aromatic heterocycles. The molecular formula is C27H24FN7O2S. The number of hydrogen-bond donors (Lipinski definition) is 3. The van der Waals surface area contributed by atoms with Crippen molar-refractivity contribution in [3.8, 4) is 5.69 Å². The Kier molecular flexibility index (Phi) is 6.60. The average molecular weight is 530 g/mol. The van der Waals surface area contributed by atoms with Gasteiger partial charge in [0.2, 0.25) is 11.0 Å². The van der Waals surface area contributed by atoms with Crippen LogP contribution in [0, 0.1) is 11.2 Å². The van der Waals surface area contributed by atoms with Gasteiger partial charge < -0.3 is 16.4 Å². The fourth-order valence-corrected chi connectivity index (χ4v) is 5.08. The minimum absolute atomic E-state index is 0.188. The number of nitrogens with one attached hydrogen (secondary N) is 2. The lowest BCUT2D eigenvalue weighted by molar-refractivity contribution is -0.124. The molecule has 0 saturated carbocycles. The smallest absolute Gasteiger partial charge is 0.316 e.